The van der Waals surface area contributed by atoms with E-state index >= 15 is 0 Å². The lowest BCUT2D eigenvalue weighted by Gasteiger charge is -2.39. The SMILES string of the molecule is CC(C)[C@@H]1COC(=O)N1C(=O)[C@@H](Cc1ccccc1)[C@H]1O[C@@](O)(CCCOCCOCCO)C(Br)=CC1=O. The summed E-state index contributed by atoms with van der Waals surface area (Å²) in [5.74, 6) is -4.03. The van der Waals surface area contributed by atoms with Gasteiger partial charge >= 0.3 is 6.09 Å². The van der Waals surface area contributed by atoms with Crippen molar-refractivity contribution >= 4 is 33.7 Å². The number of hydrogen-bond acceptors (Lipinski definition) is 9. The maximum absolute atomic E-state index is 13.9. The Bertz CT molecular complexity index is 986. The Labute approximate surface area is 231 Å². The van der Waals surface area contributed by atoms with Crippen LogP contribution in [0.3, 0.4) is 0 Å². The summed E-state index contributed by atoms with van der Waals surface area (Å²) >= 11 is 3.26. The number of ketones is 1. The van der Waals surface area contributed by atoms with Crippen molar-refractivity contribution in [3.63, 3.8) is 0 Å². The molecule has 0 saturated carbocycles. The van der Waals surface area contributed by atoms with E-state index in [2.05, 4.69) is 15.9 Å². The normalized spacial score (nSPS) is 24.5. The highest BCUT2D eigenvalue weighted by Crippen LogP contribution is 2.38. The molecule has 1 fully saturated rings. The molecule has 11 heteroatoms. The minimum Gasteiger partial charge on any atom is -0.447 e. The molecule has 2 heterocycles. The Morgan fingerprint density at radius 1 is 1.16 bits per heavy atom. The van der Waals surface area contributed by atoms with Gasteiger partial charge in [-0.1, -0.05) is 44.2 Å². The first-order valence-corrected chi connectivity index (χ1v) is 13.6. The summed E-state index contributed by atoms with van der Waals surface area (Å²) in [6.45, 7) is 5.00. The van der Waals surface area contributed by atoms with E-state index < -0.39 is 41.6 Å². The van der Waals surface area contributed by atoms with Crippen LogP contribution in [0.5, 0.6) is 0 Å². The van der Waals surface area contributed by atoms with Crippen molar-refractivity contribution in [2.75, 3.05) is 39.6 Å². The van der Waals surface area contributed by atoms with Crippen molar-refractivity contribution in [3.8, 4) is 0 Å². The van der Waals surface area contributed by atoms with Crippen LogP contribution in [0.1, 0.15) is 32.3 Å². The van der Waals surface area contributed by atoms with E-state index in [1.807, 2.05) is 44.2 Å². The average Bonchev–Trinajstić information content (AvgIpc) is 3.28. The van der Waals surface area contributed by atoms with Gasteiger partial charge in [0.05, 0.1) is 42.9 Å². The zero-order valence-corrected chi connectivity index (χ0v) is 23.3. The van der Waals surface area contributed by atoms with E-state index in [4.69, 9.17) is 24.1 Å². The highest BCUT2D eigenvalue weighted by Gasteiger charge is 2.50. The third kappa shape index (κ3) is 7.71. The molecule has 1 saturated heterocycles. The molecule has 2 aliphatic rings. The molecule has 0 bridgehead atoms. The summed E-state index contributed by atoms with van der Waals surface area (Å²) in [7, 11) is 0. The number of imide groups is 1. The van der Waals surface area contributed by atoms with Crippen LogP contribution in [0.4, 0.5) is 4.79 Å². The summed E-state index contributed by atoms with van der Waals surface area (Å²) in [6.07, 6.45) is -0.206. The molecule has 1 aromatic rings. The largest absolute Gasteiger partial charge is 0.447 e. The smallest absolute Gasteiger partial charge is 0.416 e. The first kappa shape index (κ1) is 30.4. The molecule has 38 heavy (non-hydrogen) atoms. The summed E-state index contributed by atoms with van der Waals surface area (Å²) in [6, 6.07) is 8.68. The van der Waals surface area contributed by atoms with Gasteiger partial charge in [0.1, 0.15) is 12.7 Å². The number of amides is 2. The average molecular weight is 598 g/mol. The van der Waals surface area contributed by atoms with Gasteiger partial charge in [-0.3, -0.25) is 9.59 Å². The molecular weight excluding hydrogens is 562 g/mol. The standard InChI is InChI=1S/C27H36BrNO9/c1-18(2)21-17-37-26(33)29(21)25(32)20(15-19-7-4-3-5-8-19)24-22(31)16-23(28)27(34,38-24)9-6-11-35-13-14-36-12-10-30/h3-5,7-8,16,18,20-21,24,30,34H,6,9-15,17H2,1-2H3/t20-,21-,24+,27-/m0/s1. The minimum atomic E-state index is -1.85. The Hall–Kier alpha value is -2.15. The Kier molecular flexibility index (Phi) is 11.4. The second-order valence-corrected chi connectivity index (χ2v) is 10.5. The highest BCUT2D eigenvalue weighted by molar-refractivity contribution is 9.11. The van der Waals surface area contributed by atoms with Crippen LogP contribution in [0.2, 0.25) is 0 Å². The number of aliphatic hydroxyl groups excluding tert-OH is 1. The first-order valence-electron chi connectivity index (χ1n) is 12.8. The van der Waals surface area contributed by atoms with Gasteiger partial charge < -0.3 is 29.2 Å². The number of ether oxygens (including phenoxy) is 4. The van der Waals surface area contributed by atoms with E-state index in [-0.39, 0.29) is 43.1 Å². The van der Waals surface area contributed by atoms with Crippen LogP contribution < -0.4 is 0 Å². The molecule has 0 aliphatic carbocycles. The molecule has 210 valence electrons. The van der Waals surface area contributed by atoms with Crippen LogP contribution in [0.15, 0.2) is 40.9 Å². The van der Waals surface area contributed by atoms with Gasteiger partial charge in [-0.2, -0.15) is 0 Å². The van der Waals surface area contributed by atoms with Crippen molar-refractivity contribution in [2.24, 2.45) is 11.8 Å². The molecule has 0 spiro atoms. The minimum absolute atomic E-state index is 0.0502. The predicted molar refractivity (Wildman–Crippen MR) is 140 cm³/mol. The fourth-order valence-corrected chi connectivity index (χ4v) is 4.97. The van der Waals surface area contributed by atoms with Crippen LogP contribution >= 0.6 is 15.9 Å². The topological polar surface area (TPSA) is 132 Å². The van der Waals surface area contributed by atoms with Gasteiger partial charge in [-0.05, 0) is 46.3 Å². The monoisotopic (exact) mass is 597 g/mol. The molecule has 4 atom stereocenters. The lowest BCUT2D eigenvalue weighted by Crippen LogP contribution is -2.54. The summed E-state index contributed by atoms with van der Waals surface area (Å²) < 4.78 is 22.0. The third-order valence-corrected chi connectivity index (χ3v) is 7.40. The summed E-state index contributed by atoms with van der Waals surface area (Å²) in [5, 5.41) is 20.1. The van der Waals surface area contributed by atoms with Crippen molar-refractivity contribution in [2.45, 2.75) is 51.0 Å². The lowest BCUT2D eigenvalue weighted by molar-refractivity contribution is -0.218. The zero-order chi connectivity index (χ0) is 27.7. The number of nitrogens with zero attached hydrogens (tertiary/aromatic N) is 1. The maximum atomic E-state index is 13.9. The van der Waals surface area contributed by atoms with Crippen molar-refractivity contribution in [3.05, 3.63) is 46.5 Å². The van der Waals surface area contributed by atoms with Gasteiger partial charge in [-0.25, -0.2) is 9.69 Å². The highest BCUT2D eigenvalue weighted by atomic mass is 79.9. The van der Waals surface area contributed by atoms with Gasteiger partial charge in [0.2, 0.25) is 5.91 Å². The Morgan fingerprint density at radius 3 is 2.50 bits per heavy atom. The fourth-order valence-electron chi connectivity index (χ4n) is 4.45. The number of halogens is 1. The zero-order valence-electron chi connectivity index (χ0n) is 21.7. The Morgan fingerprint density at radius 2 is 1.84 bits per heavy atom. The van der Waals surface area contributed by atoms with E-state index in [1.54, 1.807) is 0 Å². The molecule has 2 amide bonds. The first-order chi connectivity index (χ1) is 18.2. The van der Waals surface area contributed by atoms with Crippen LogP contribution in [-0.2, 0) is 35.0 Å². The van der Waals surface area contributed by atoms with E-state index in [1.165, 1.54) is 6.08 Å². The number of hydrogen-bond donors (Lipinski definition) is 2. The molecule has 0 aromatic heterocycles. The van der Waals surface area contributed by atoms with Crippen LogP contribution in [0, 0.1) is 11.8 Å². The number of aliphatic hydroxyl groups is 2. The number of carbonyl (C=O) groups is 3. The fraction of sp³-hybridized carbons (Fsp3) is 0.593. The molecular formula is C27H36BrNO9. The molecule has 0 radical (unpaired) electrons. The van der Waals surface area contributed by atoms with Crippen LogP contribution in [-0.4, -0.2) is 90.5 Å². The molecule has 0 unspecified atom stereocenters. The molecule has 2 N–H and O–H groups in total. The lowest BCUT2D eigenvalue weighted by atomic mass is 9.87. The van der Waals surface area contributed by atoms with Gasteiger partial charge in [-0.15, -0.1) is 0 Å². The quantitative estimate of drug-likeness (QED) is 0.310. The van der Waals surface area contributed by atoms with Crippen molar-refractivity contribution < 1.29 is 43.5 Å². The van der Waals surface area contributed by atoms with Crippen molar-refractivity contribution in [1.82, 2.24) is 4.90 Å². The van der Waals surface area contributed by atoms with Crippen LogP contribution in [0.25, 0.3) is 0 Å². The number of rotatable bonds is 14. The molecule has 10 nitrogen and oxygen atoms in total. The van der Waals surface area contributed by atoms with Gasteiger partial charge in [0, 0.05) is 13.0 Å². The van der Waals surface area contributed by atoms with Gasteiger partial charge in [0.15, 0.2) is 11.6 Å². The second-order valence-electron chi connectivity index (χ2n) is 9.66. The predicted octanol–water partition coefficient (Wildman–Crippen LogP) is 2.59. The van der Waals surface area contributed by atoms with Gasteiger partial charge in [0.25, 0.3) is 0 Å². The number of benzene rings is 1. The Balaban J connectivity index is 1.77. The van der Waals surface area contributed by atoms with E-state index in [0.717, 1.165) is 10.5 Å². The summed E-state index contributed by atoms with van der Waals surface area (Å²) in [5.41, 5.74) is 0.782. The number of cyclic esters (lactones) is 1. The maximum Gasteiger partial charge on any atom is 0.416 e. The molecule has 1 aromatic carbocycles. The van der Waals surface area contributed by atoms with E-state index in [9.17, 15) is 19.5 Å². The van der Waals surface area contributed by atoms with E-state index in [0.29, 0.717) is 26.2 Å². The molecule has 3 rings (SSSR count). The van der Waals surface area contributed by atoms with Crippen molar-refractivity contribution in [1.29, 1.82) is 0 Å². The summed E-state index contributed by atoms with van der Waals surface area (Å²) in [4.78, 5) is 40.7. The second kappa shape index (κ2) is 14.3. The molecule has 2 aliphatic heterocycles. The number of carbonyl (C=O) groups excluding carboxylic acids is 3. The third-order valence-electron chi connectivity index (χ3n) is 6.55.